The average molecular weight is 393 g/mol. The van der Waals surface area contributed by atoms with Crippen LogP contribution in [-0.2, 0) is 10.5 Å². The highest BCUT2D eigenvalue weighted by molar-refractivity contribution is 8.00. The molecular formula is C21H16N2O2S2. The Hall–Kier alpha value is -2.75. The van der Waals surface area contributed by atoms with Gasteiger partial charge in [-0.05, 0) is 24.6 Å². The summed E-state index contributed by atoms with van der Waals surface area (Å²) in [7, 11) is 0. The number of hydrogen-bond donors (Lipinski definition) is 0. The number of thioether (sulfide) groups is 1. The van der Waals surface area contributed by atoms with Gasteiger partial charge in [0.15, 0.2) is 0 Å². The predicted molar refractivity (Wildman–Crippen MR) is 109 cm³/mol. The number of fused-ring (bicyclic) bond motifs is 3. The van der Waals surface area contributed by atoms with Gasteiger partial charge in [0.2, 0.25) is 0 Å². The second kappa shape index (κ2) is 7.47. The van der Waals surface area contributed by atoms with E-state index in [9.17, 15) is 10.1 Å². The zero-order valence-corrected chi connectivity index (χ0v) is 16.3. The number of nitriles is 1. The van der Waals surface area contributed by atoms with Crippen molar-refractivity contribution < 1.29 is 9.53 Å². The summed E-state index contributed by atoms with van der Waals surface area (Å²) in [5.74, 6) is 0.418. The van der Waals surface area contributed by atoms with Crippen molar-refractivity contribution in [2.45, 2.75) is 16.9 Å². The smallest absolute Gasteiger partial charge is 0.341 e. The molecule has 0 fully saturated rings. The number of hydrogen-bond acceptors (Lipinski definition) is 5. The molecule has 0 saturated carbocycles. The molecule has 6 heteroatoms. The van der Waals surface area contributed by atoms with Crippen LogP contribution in [0, 0.1) is 11.3 Å². The third-order valence-electron chi connectivity index (χ3n) is 4.25. The Bertz CT molecular complexity index is 1170. The first-order valence-electron chi connectivity index (χ1n) is 8.54. The van der Waals surface area contributed by atoms with Gasteiger partial charge in [0, 0.05) is 17.3 Å². The third kappa shape index (κ3) is 3.09. The fourth-order valence-corrected chi connectivity index (χ4v) is 5.45. The zero-order valence-electron chi connectivity index (χ0n) is 14.6. The Morgan fingerprint density at radius 1 is 1.22 bits per heavy atom. The summed E-state index contributed by atoms with van der Waals surface area (Å²) in [5, 5.41) is 10.4. The van der Waals surface area contributed by atoms with Gasteiger partial charge < -0.3 is 9.14 Å². The molecule has 1 aromatic carbocycles. The molecule has 4 rings (SSSR count). The van der Waals surface area contributed by atoms with Crippen molar-refractivity contribution in [2.24, 2.45) is 0 Å². The van der Waals surface area contributed by atoms with Crippen LogP contribution in [-0.4, -0.2) is 17.0 Å². The van der Waals surface area contributed by atoms with E-state index < -0.39 is 0 Å². The van der Waals surface area contributed by atoms with Crippen molar-refractivity contribution in [3.8, 4) is 6.07 Å². The normalized spacial score (nSPS) is 11.0. The van der Waals surface area contributed by atoms with E-state index in [0.717, 1.165) is 21.0 Å². The number of pyridine rings is 1. The van der Waals surface area contributed by atoms with Gasteiger partial charge in [0.25, 0.3) is 0 Å². The van der Waals surface area contributed by atoms with Crippen molar-refractivity contribution in [1.29, 1.82) is 5.26 Å². The standard InChI is InChI=1S/C21H16N2O2S2/c1-2-25-20(24)17-15-10-6-7-11-23(15)19-18(17)16(12-22)27-21(19)26-13-14-8-4-3-5-9-14/h3-11H,2,13H2,1H3. The highest BCUT2D eigenvalue weighted by Crippen LogP contribution is 2.43. The number of carbonyl (C=O) groups excluding carboxylic acids is 1. The summed E-state index contributed by atoms with van der Waals surface area (Å²) in [6.07, 6.45) is 1.93. The second-order valence-corrected chi connectivity index (χ2v) is 8.14. The molecule has 0 bridgehead atoms. The summed E-state index contributed by atoms with van der Waals surface area (Å²) in [4.78, 5) is 13.2. The van der Waals surface area contributed by atoms with Gasteiger partial charge in [-0.1, -0.05) is 36.4 Å². The van der Waals surface area contributed by atoms with Gasteiger partial charge >= 0.3 is 5.97 Å². The molecule has 0 amide bonds. The van der Waals surface area contributed by atoms with Crippen LogP contribution in [0.25, 0.3) is 16.4 Å². The summed E-state index contributed by atoms with van der Waals surface area (Å²) >= 11 is 3.12. The Morgan fingerprint density at radius 2 is 2.00 bits per heavy atom. The minimum atomic E-state index is -0.384. The van der Waals surface area contributed by atoms with Gasteiger partial charge in [0.1, 0.15) is 10.9 Å². The van der Waals surface area contributed by atoms with Gasteiger partial charge in [-0.15, -0.1) is 23.1 Å². The molecule has 3 heterocycles. The maximum Gasteiger partial charge on any atom is 0.341 e. The Labute approximate surface area is 165 Å². The third-order valence-corrected chi connectivity index (χ3v) is 6.67. The lowest BCUT2D eigenvalue weighted by molar-refractivity contribution is 0.0531. The molecule has 134 valence electrons. The van der Waals surface area contributed by atoms with E-state index in [1.165, 1.54) is 16.9 Å². The van der Waals surface area contributed by atoms with Crippen LogP contribution in [0.1, 0.15) is 27.7 Å². The molecule has 0 unspecified atom stereocenters. The monoisotopic (exact) mass is 392 g/mol. The van der Waals surface area contributed by atoms with E-state index in [0.29, 0.717) is 22.4 Å². The predicted octanol–water partition coefficient (Wildman–Crippen LogP) is 5.49. The van der Waals surface area contributed by atoms with E-state index in [1.807, 2.05) is 47.0 Å². The Kier molecular flexibility index (Phi) is 4.88. The van der Waals surface area contributed by atoms with Crippen LogP contribution in [0.5, 0.6) is 0 Å². The number of thiophene rings is 1. The molecule has 0 saturated heterocycles. The summed E-state index contributed by atoms with van der Waals surface area (Å²) in [5.41, 5.74) is 3.38. The maximum atomic E-state index is 12.6. The first-order chi connectivity index (χ1) is 13.2. The Balaban J connectivity index is 1.90. The maximum absolute atomic E-state index is 12.6. The molecule has 4 nitrogen and oxygen atoms in total. The average Bonchev–Trinajstić information content (AvgIpc) is 3.23. The van der Waals surface area contributed by atoms with Gasteiger partial charge in [0.05, 0.1) is 27.4 Å². The summed E-state index contributed by atoms with van der Waals surface area (Å²) < 4.78 is 8.30. The van der Waals surface area contributed by atoms with Gasteiger partial charge in [-0.3, -0.25) is 0 Å². The number of esters is 1. The first-order valence-corrected chi connectivity index (χ1v) is 10.3. The quantitative estimate of drug-likeness (QED) is 0.333. The molecule has 0 aliphatic rings. The van der Waals surface area contributed by atoms with Crippen LogP contribution in [0.15, 0.2) is 58.9 Å². The largest absolute Gasteiger partial charge is 0.462 e. The van der Waals surface area contributed by atoms with E-state index in [4.69, 9.17) is 4.74 Å². The number of rotatable bonds is 5. The molecule has 27 heavy (non-hydrogen) atoms. The molecule has 0 radical (unpaired) electrons. The molecule has 0 atom stereocenters. The number of carbonyl (C=O) groups is 1. The minimum absolute atomic E-state index is 0.298. The molecule has 4 aromatic rings. The summed E-state index contributed by atoms with van der Waals surface area (Å²) in [6.45, 7) is 2.08. The number of ether oxygens (including phenoxy) is 1. The number of aromatic nitrogens is 1. The molecule has 3 aromatic heterocycles. The van der Waals surface area contributed by atoms with E-state index in [2.05, 4.69) is 18.2 Å². The van der Waals surface area contributed by atoms with Crippen molar-refractivity contribution in [3.05, 3.63) is 70.7 Å². The summed E-state index contributed by atoms with van der Waals surface area (Å²) in [6, 6.07) is 18.2. The molecular weight excluding hydrogens is 376 g/mol. The fraction of sp³-hybridized carbons (Fsp3) is 0.143. The highest BCUT2D eigenvalue weighted by atomic mass is 32.2. The first kappa shape index (κ1) is 17.7. The lowest BCUT2D eigenvalue weighted by Gasteiger charge is -2.02. The molecule has 0 aliphatic heterocycles. The molecule has 0 spiro atoms. The van der Waals surface area contributed by atoms with Crippen LogP contribution in [0.4, 0.5) is 0 Å². The highest BCUT2D eigenvalue weighted by Gasteiger charge is 2.26. The number of nitrogens with zero attached hydrogens (tertiary/aromatic N) is 2. The van der Waals surface area contributed by atoms with E-state index in [1.54, 1.807) is 18.7 Å². The molecule has 0 N–H and O–H groups in total. The van der Waals surface area contributed by atoms with Crippen LogP contribution >= 0.6 is 23.1 Å². The second-order valence-electron chi connectivity index (χ2n) is 5.88. The van der Waals surface area contributed by atoms with Crippen molar-refractivity contribution in [1.82, 2.24) is 4.40 Å². The fourth-order valence-electron chi connectivity index (χ4n) is 3.13. The van der Waals surface area contributed by atoms with Crippen LogP contribution in [0.3, 0.4) is 0 Å². The number of benzene rings is 1. The topological polar surface area (TPSA) is 54.5 Å². The molecule has 0 aliphatic carbocycles. The zero-order chi connectivity index (χ0) is 18.8. The SMILES string of the molecule is CCOC(=O)c1c2c(C#N)sc(SCc3ccccc3)c2n2ccccc12. The Morgan fingerprint density at radius 3 is 2.74 bits per heavy atom. The van der Waals surface area contributed by atoms with E-state index >= 15 is 0 Å². The van der Waals surface area contributed by atoms with Gasteiger partial charge in [-0.2, -0.15) is 5.26 Å². The van der Waals surface area contributed by atoms with Gasteiger partial charge in [-0.25, -0.2) is 4.79 Å². The van der Waals surface area contributed by atoms with Crippen molar-refractivity contribution >= 4 is 45.5 Å². The van der Waals surface area contributed by atoms with Crippen LogP contribution in [0.2, 0.25) is 0 Å². The van der Waals surface area contributed by atoms with Crippen molar-refractivity contribution in [2.75, 3.05) is 6.61 Å². The lowest BCUT2D eigenvalue weighted by Crippen LogP contribution is -2.04. The lowest BCUT2D eigenvalue weighted by atomic mass is 10.1. The van der Waals surface area contributed by atoms with Crippen molar-refractivity contribution in [3.63, 3.8) is 0 Å². The van der Waals surface area contributed by atoms with Crippen LogP contribution < -0.4 is 0 Å². The minimum Gasteiger partial charge on any atom is -0.462 e. The van der Waals surface area contributed by atoms with E-state index in [-0.39, 0.29) is 5.97 Å².